The standard InChI is InChI=1S/C68H45N2.Ir/c1-5-19-47(20-6-1)57-37-58(48-21-7-2-8-22-48)39-60(38-57)51-29-18-32-55(36-51)67-44-61(52-30-17-31-54(35-52)66-43-53-27-13-14-28-56(53)46-69-66)45-68(70-67)63-41-59(49-23-9-3-10-24-49)40-62(42-63)65-34-16-15-33-64(65)50-25-11-4-12-26-50;/h1-30,32-46H;/q-1;. The summed E-state index contributed by atoms with van der Waals surface area (Å²) < 4.78 is 0. The topological polar surface area (TPSA) is 25.8 Å². The zero-order chi connectivity index (χ0) is 46.6. The summed E-state index contributed by atoms with van der Waals surface area (Å²) in [4.78, 5) is 10.5. The number of benzene rings is 10. The van der Waals surface area contributed by atoms with Crippen LogP contribution >= 0.6 is 0 Å². The molecule has 0 N–H and O–H groups in total. The minimum atomic E-state index is 0. The summed E-state index contributed by atoms with van der Waals surface area (Å²) in [5.74, 6) is 0. The molecule has 0 saturated heterocycles. The van der Waals surface area contributed by atoms with Gasteiger partial charge in [0.25, 0.3) is 0 Å². The van der Waals surface area contributed by atoms with Gasteiger partial charge in [-0.1, -0.05) is 194 Å². The summed E-state index contributed by atoms with van der Waals surface area (Å²) in [5, 5.41) is 2.26. The first-order valence-electron chi connectivity index (χ1n) is 23.8. The third-order valence-corrected chi connectivity index (χ3v) is 13.2. The molecule has 0 aliphatic heterocycles. The van der Waals surface area contributed by atoms with E-state index in [1.807, 2.05) is 12.3 Å². The number of fused-ring (bicyclic) bond motifs is 1. The van der Waals surface area contributed by atoms with E-state index in [1.165, 1.54) is 33.4 Å². The Kier molecular flexibility index (Phi) is 12.8. The predicted octanol–water partition coefficient (Wildman–Crippen LogP) is 18.1. The monoisotopic (exact) mass is 1080 g/mol. The van der Waals surface area contributed by atoms with Crippen molar-refractivity contribution < 1.29 is 20.1 Å². The molecule has 0 bridgehead atoms. The minimum absolute atomic E-state index is 0. The van der Waals surface area contributed by atoms with Crippen molar-refractivity contribution in [1.82, 2.24) is 9.97 Å². The van der Waals surface area contributed by atoms with Crippen LogP contribution in [0, 0.1) is 6.07 Å². The van der Waals surface area contributed by atoms with Crippen molar-refractivity contribution in [2.45, 2.75) is 0 Å². The van der Waals surface area contributed by atoms with Crippen molar-refractivity contribution in [2.75, 3.05) is 0 Å². The normalized spacial score (nSPS) is 11.0. The number of pyridine rings is 2. The van der Waals surface area contributed by atoms with Crippen molar-refractivity contribution in [2.24, 2.45) is 0 Å². The van der Waals surface area contributed by atoms with Gasteiger partial charge in [-0.3, -0.25) is 0 Å². The number of rotatable bonds is 10. The average Bonchev–Trinajstić information content (AvgIpc) is 3.45. The molecule has 0 fully saturated rings. The number of aromatic nitrogens is 2. The first kappa shape index (κ1) is 44.9. The Labute approximate surface area is 429 Å². The molecule has 0 spiro atoms. The van der Waals surface area contributed by atoms with Crippen LogP contribution in [-0.4, -0.2) is 9.97 Å². The van der Waals surface area contributed by atoms with Crippen LogP contribution in [0.2, 0.25) is 0 Å². The summed E-state index contributed by atoms with van der Waals surface area (Å²) in [6, 6.07) is 98.8. The molecule has 2 heterocycles. The van der Waals surface area contributed by atoms with E-state index in [2.05, 4.69) is 267 Å². The van der Waals surface area contributed by atoms with E-state index >= 15 is 0 Å². The summed E-state index contributed by atoms with van der Waals surface area (Å²) in [6.07, 6.45) is 1.95. The zero-order valence-electron chi connectivity index (χ0n) is 38.7. The molecule has 0 atom stereocenters. The fraction of sp³-hybridized carbons (Fsp3) is 0. The largest absolute Gasteiger partial charge is 0.304 e. The van der Waals surface area contributed by atoms with Gasteiger partial charge in [-0.25, -0.2) is 4.98 Å². The Morgan fingerprint density at radius 3 is 1.28 bits per heavy atom. The molecule has 12 rings (SSSR count). The molecule has 71 heavy (non-hydrogen) atoms. The van der Waals surface area contributed by atoms with E-state index in [0.29, 0.717) is 0 Å². The Morgan fingerprint density at radius 2 is 0.662 bits per heavy atom. The maximum atomic E-state index is 5.61. The van der Waals surface area contributed by atoms with Crippen LogP contribution in [0.1, 0.15) is 0 Å². The molecule has 10 aromatic carbocycles. The molecule has 0 unspecified atom stereocenters. The summed E-state index contributed by atoms with van der Waals surface area (Å²) in [7, 11) is 0. The van der Waals surface area contributed by atoms with Crippen LogP contribution in [-0.2, 0) is 20.1 Å². The molecule has 12 aromatic rings. The van der Waals surface area contributed by atoms with Crippen LogP contribution in [0.4, 0.5) is 0 Å². The maximum absolute atomic E-state index is 5.61. The Hall–Kier alpha value is -8.59. The molecular formula is C68H45IrN2-. The van der Waals surface area contributed by atoms with Gasteiger partial charge in [0, 0.05) is 37.4 Å². The van der Waals surface area contributed by atoms with Crippen LogP contribution in [0.15, 0.2) is 273 Å². The first-order chi connectivity index (χ1) is 34.6. The summed E-state index contributed by atoms with van der Waals surface area (Å²) >= 11 is 0. The molecular weight excluding hydrogens is 1040 g/mol. The maximum Gasteiger partial charge on any atom is 0.0715 e. The van der Waals surface area contributed by atoms with Gasteiger partial charge in [0.05, 0.1) is 11.4 Å². The van der Waals surface area contributed by atoms with Crippen LogP contribution in [0.25, 0.3) is 122 Å². The van der Waals surface area contributed by atoms with E-state index in [0.717, 1.165) is 89.1 Å². The third-order valence-electron chi connectivity index (χ3n) is 13.2. The second kappa shape index (κ2) is 20.2. The van der Waals surface area contributed by atoms with Crippen LogP contribution < -0.4 is 0 Å². The van der Waals surface area contributed by atoms with Crippen molar-refractivity contribution in [3.63, 3.8) is 0 Å². The molecule has 0 aliphatic rings. The van der Waals surface area contributed by atoms with E-state index in [1.54, 1.807) is 0 Å². The molecule has 0 amide bonds. The second-order valence-corrected chi connectivity index (χ2v) is 17.7. The SMILES string of the molecule is [Ir].[c-]1ccc(-c2cc(-c3cccc(-c4cc(-c5ccccc5)cc(-c5ccccc5)c4)c3)nc(-c3cc(-c4ccccc4)cc(-c4ccccc4-c4ccccc4)c3)c2)cc1-c1cc2ccccc2cn1. The molecule has 337 valence electrons. The summed E-state index contributed by atoms with van der Waals surface area (Å²) in [5.41, 5.74) is 21.6. The molecule has 2 aromatic heterocycles. The third kappa shape index (κ3) is 9.58. The van der Waals surface area contributed by atoms with Crippen molar-refractivity contribution in [3.05, 3.63) is 279 Å². The number of nitrogens with zero attached hydrogens (tertiary/aromatic N) is 2. The van der Waals surface area contributed by atoms with Gasteiger partial charge in [-0.15, -0.1) is 35.4 Å². The number of hydrogen-bond acceptors (Lipinski definition) is 2. The Balaban J connectivity index is 0.00000547. The predicted molar refractivity (Wildman–Crippen MR) is 293 cm³/mol. The van der Waals surface area contributed by atoms with Gasteiger partial charge in [-0.2, -0.15) is 0 Å². The summed E-state index contributed by atoms with van der Waals surface area (Å²) in [6.45, 7) is 0. The van der Waals surface area contributed by atoms with Crippen LogP contribution in [0.3, 0.4) is 0 Å². The van der Waals surface area contributed by atoms with Gasteiger partial charge < -0.3 is 4.98 Å². The van der Waals surface area contributed by atoms with E-state index < -0.39 is 0 Å². The van der Waals surface area contributed by atoms with Crippen molar-refractivity contribution in [3.8, 4) is 112 Å². The molecule has 3 heteroatoms. The smallest absolute Gasteiger partial charge is 0.0715 e. The fourth-order valence-corrected chi connectivity index (χ4v) is 9.60. The van der Waals surface area contributed by atoms with Gasteiger partial charge in [0.15, 0.2) is 0 Å². The first-order valence-corrected chi connectivity index (χ1v) is 23.8. The van der Waals surface area contributed by atoms with Crippen LogP contribution in [0.5, 0.6) is 0 Å². The minimum Gasteiger partial charge on any atom is -0.304 e. The average molecular weight is 1080 g/mol. The van der Waals surface area contributed by atoms with Gasteiger partial charge >= 0.3 is 0 Å². The fourth-order valence-electron chi connectivity index (χ4n) is 9.60. The van der Waals surface area contributed by atoms with Gasteiger partial charge in [0.1, 0.15) is 0 Å². The Bertz CT molecular complexity index is 3760. The zero-order valence-corrected chi connectivity index (χ0v) is 41.1. The van der Waals surface area contributed by atoms with E-state index in [4.69, 9.17) is 9.97 Å². The second-order valence-electron chi connectivity index (χ2n) is 17.7. The quantitative estimate of drug-likeness (QED) is 0.128. The molecule has 0 aliphatic carbocycles. The number of hydrogen-bond donors (Lipinski definition) is 0. The van der Waals surface area contributed by atoms with Crippen molar-refractivity contribution >= 4 is 10.8 Å². The van der Waals surface area contributed by atoms with Gasteiger partial charge in [-0.05, 0) is 143 Å². The molecule has 1 radical (unpaired) electrons. The molecule has 2 nitrogen and oxygen atoms in total. The Morgan fingerprint density at radius 1 is 0.254 bits per heavy atom. The van der Waals surface area contributed by atoms with Crippen molar-refractivity contribution in [1.29, 1.82) is 0 Å². The molecule has 0 saturated carbocycles. The van der Waals surface area contributed by atoms with E-state index in [-0.39, 0.29) is 20.1 Å². The van der Waals surface area contributed by atoms with E-state index in [9.17, 15) is 0 Å². The van der Waals surface area contributed by atoms with Gasteiger partial charge in [0.2, 0.25) is 0 Å².